The van der Waals surface area contributed by atoms with E-state index in [-0.39, 0.29) is 18.0 Å². The van der Waals surface area contributed by atoms with Gasteiger partial charge in [-0.3, -0.25) is 14.2 Å². The second-order valence-corrected chi connectivity index (χ2v) is 5.51. The predicted octanol–water partition coefficient (Wildman–Crippen LogP) is 0.305. The Morgan fingerprint density at radius 3 is 2.77 bits per heavy atom. The molecule has 2 heterocycles. The number of amides is 1. The van der Waals surface area contributed by atoms with Crippen molar-refractivity contribution in [2.24, 2.45) is 0 Å². The zero-order chi connectivity index (χ0) is 15.9. The lowest BCUT2D eigenvalue weighted by atomic mass is 10.1. The van der Waals surface area contributed by atoms with Gasteiger partial charge in [0.25, 0.3) is 5.56 Å². The minimum absolute atomic E-state index is 0.0122. The molecule has 22 heavy (non-hydrogen) atoms. The normalized spacial score (nSPS) is 14.9. The Hall–Kier alpha value is -1.89. The quantitative estimate of drug-likeness (QED) is 0.765. The molecule has 0 saturated carbocycles. The van der Waals surface area contributed by atoms with Crippen molar-refractivity contribution in [2.45, 2.75) is 32.7 Å². The van der Waals surface area contributed by atoms with Crippen molar-refractivity contribution in [3.8, 4) is 0 Å². The maximum Gasteiger partial charge on any atom is 0.255 e. The highest BCUT2D eigenvalue weighted by Crippen LogP contribution is 2.16. The van der Waals surface area contributed by atoms with Gasteiger partial charge in [-0.2, -0.15) is 0 Å². The number of hydrogen-bond donors (Lipinski definition) is 1. The van der Waals surface area contributed by atoms with E-state index in [1.54, 1.807) is 14.0 Å². The first kappa shape index (κ1) is 16.5. The number of aryl methyl sites for hydroxylation is 1. The number of carbonyl (C=O) groups excluding carboxylic acids is 1. The van der Waals surface area contributed by atoms with Crippen molar-refractivity contribution < 1.29 is 9.53 Å². The third-order valence-electron chi connectivity index (χ3n) is 3.69. The number of piperidine rings is 1. The average molecular weight is 308 g/mol. The van der Waals surface area contributed by atoms with Crippen LogP contribution < -0.4 is 15.8 Å². The Balaban J connectivity index is 2.17. The lowest BCUT2D eigenvalue weighted by molar-refractivity contribution is -0.121. The SMILES string of the molecule is COCCNC(=O)Cn1c(N2CCCCC2)nc(C)cc1=O. The van der Waals surface area contributed by atoms with E-state index in [1.807, 2.05) is 0 Å². The third-order valence-corrected chi connectivity index (χ3v) is 3.69. The molecule has 122 valence electrons. The molecule has 0 unspecified atom stereocenters. The number of ether oxygens (including phenoxy) is 1. The molecule has 0 spiro atoms. The Bertz CT molecular complexity index is 564. The Morgan fingerprint density at radius 2 is 2.09 bits per heavy atom. The predicted molar refractivity (Wildman–Crippen MR) is 84.2 cm³/mol. The minimum Gasteiger partial charge on any atom is -0.383 e. The number of carbonyl (C=O) groups is 1. The fourth-order valence-corrected chi connectivity index (χ4v) is 2.58. The van der Waals surface area contributed by atoms with E-state index in [2.05, 4.69) is 15.2 Å². The van der Waals surface area contributed by atoms with Gasteiger partial charge in [-0.05, 0) is 26.2 Å². The lowest BCUT2D eigenvalue weighted by Crippen LogP contribution is -2.40. The van der Waals surface area contributed by atoms with Gasteiger partial charge in [-0.25, -0.2) is 4.98 Å². The van der Waals surface area contributed by atoms with Gasteiger partial charge in [0.05, 0.1) is 6.61 Å². The van der Waals surface area contributed by atoms with Crippen molar-refractivity contribution in [3.63, 3.8) is 0 Å². The molecule has 7 heteroatoms. The Kier molecular flexibility index (Phi) is 5.94. The maximum atomic E-state index is 12.3. The van der Waals surface area contributed by atoms with Gasteiger partial charge in [0, 0.05) is 38.5 Å². The van der Waals surface area contributed by atoms with E-state index < -0.39 is 0 Å². The number of anilines is 1. The standard InChI is InChI=1S/C15H24N4O3/c1-12-10-14(21)19(11-13(20)16-6-9-22-2)15(17-12)18-7-4-3-5-8-18/h10H,3-9,11H2,1-2H3,(H,16,20). The van der Waals surface area contributed by atoms with Crippen LogP contribution in [0, 0.1) is 6.92 Å². The molecule has 2 rings (SSSR count). The molecule has 1 aliphatic rings. The highest BCUT2D eigenvalue weighted by atomic mass is 16.5. The smallest absolute Gasteiger partial charge is 0.255 e. The number of methoxy groups -OCH3 is 1. The number of aromatic nitrogens is 2. The van der Waals surface area contributed by atoms with Crippen LogP contribution in [-0.2, 0) is 16.1 Å². The summed E-state index contributed by atoms with van der Waals surface area (Å²) in [7, 11) is 1.58. The molecule has 1 N–H and O–H groups in total. The van der Waals surface area contributed by atoms with Gasteiger partial charge in [-0.15, -0.1) is 0 Å². The summed E-state index contributed by atoms with van der Waals surface area (Å²) in [5.41, 5.74) is 0.497. The van der Waals surface area contributed by atoms with Crippen molar-refractivity contribution in [3.05, 3.63) is 22.1 Å². The number of hydrogen-bond acceptors (Lipinski definition) is 5. The first-order chi connectivity index (χ1) is 10.6. The average Bonchev–Trinajstić information content (AvgIpc) is 2.51. The third kappa shape index (κ3) is 4.30. The topological polar surface area (TPSA) is 76.5 Å². The van der Waals surface area contributed by atoms with Gasteiger partial charge >= 0.3 is 0 Å². The van der Waals surface area contributed by atoms with Gasteiger partial charge < -0.3 is 15.0 Å². The fraction of sp³-hybridized carbons (Fsp3) is 0.667. The fourth-order valence-electron chi connectivity index (χ4n) is 2.58. The molecule has 1 aliphatic heterocycles. The van der Waals surface area contributed by atoms with Crippen molar-refractivity contribution in [2.75, 3.05) is 38.3 Å². The van der Waals surface area contributed by atoms with Crippen LogP contribution >= 0.6 is 0 Å². The molecule has 1 fully saturated rings. The summed E-state index contributed by atoms with van der Waals surface area (Å²) in [4.78, 5) is 30.8. The summed E-state index contributed by atoms with van der Waals surface area (Å²) in [5.74, 6) is 0.398. The van der Waals surface area contributed by atoms with Gasteiger partial charge in [0.1, 0.15) is 6.54 Å². The number of nitrogens with one attached hydrogen (secondary N) is 1. The van der Waals surface area contributed by atoms with Crippen LogP contribution in [0.15, 0.2) is 10.9 Å². The zero-order valence-electron chi connectivity index (χ0n) is 13.3. The monoisotopic (exact) mass is 308 g/mol. The van der Waals surface area contributed by atoms with E-state index in [9.17, 15) is 9.59 Å². The molecule has 0 aromatic carbocycles. The highest BCUT2D eigenvalue weighted by Gasteiger charge is 2.18. The van der Waals surface area contributed by atoms with Gasteiger partial charge in [0.2, 0.25) is 11.9 Å². The van der Waals surface area contributed by atoms with Crippen LogP contribution in [0.5, 0.6) is 0 Å². The van der Waals surface area contributed by atoms with Crippen molar-refractivity contribution >= 4 is 11.9 Å². The molecule has 7 nitrogen and oxygen atoms in total. The van der Waals surface area contributed by atoms with E-state index >= 15 is 0 Å². The van der Waals surface area contributed by atoms with Crippen molar-refractivity contribution in [1.82, 2.24) is 14.9 Å². The van der Waals surface area contributed by atoms with Crippen LogP contribution in [0.3, 0.4) is 0 Å². The molecule has 1 aromatic rings. The Morgan fingerprint density at radius 1 is 1.36 bits per heavy atom. The molecule has 0 aliphatic carbocycles. The Labute approximate surface area is 130 Å². The second-order valence-electron chi connectivity index (χ2n) is 5.51. The molecular formula is C15H24N4O3. The summed E-state index contributed by atoms with van der Waals surface area (Å²) in [6.07, 6.45) is 3.37. The summed E-state index contributed by atoms with van der Waals surface area (Å²) in [6.45, 7) is 4.43. The lowest BCUT2D eigenvalue weighted by Gasteiger charge is -2.29. The van der Waals surface area contributed by atoms with E-state index in [4.69, 9.17) is 4.74 Å². The minimum atomic E-state index is -0.205. The van der Waals surface area contributed by atoms with Crippen molar-refractivity contribution in [1.29, 1.82) is 0 Å². The number of nitrogens with zero attached hydrogens (tertiary/aromatic N) is 3. The van der Waals surface area contributed by atoms with E-state index in [0.717, 1.165) is 25.9 Å². The van der Waals surface area contributed by atoms with Crippen LogP contribution in [-0.4, -0.2) is 48.8 Å². The molecular weight excluding hydrogens is 284 g/mol. The second kappa shape index (κ2) is 7.93. The van der Waals surface area contributed by atoms with Gasteiger partial charge in [-0.1, -0.05) is 0 Å². The highest BCUT2D eigenvalue weighted by molar-refractivity contribution is 5.76. The number of rotatable bonds is 6. The zero-order valence-corrected chi connectivity index (χ0v) is 13.3. The first-order valence-electron chi connectivity index (χ1n) is 7.71. The van der Waals surface area contributed by atoms with Crippen LogP contribution in [0.4, 0.5) is 5.95 Å². The summed E-state index contributed by atoms with van der Waals surface area (Å²) in [5, 5.41) is 2.73. The molecule has 0 atom stereocenters. The van der Waals surface area contributed by atoms with Crippen LogP contribution in [0.25, 0.3) is 0 Å². The molecule has 1 amide bonds. The summed E-state index contributed by atoms with van der Waals surface area (Å²) >= 11 is 0. The molecule has 0 bridgehead atoms. The molecule has 0 radical (unpaired) electrons. The summed E-state index contributed by atoms with van der Waals surface area (Å²) in [6, 6.07) is 1.47. The van der Waals surface area contributed by atoms with Crippen LogP contribution in [0.1, 0.15) is 25.0 Å². The molecule has 1 aromatic heterocycles. The first-order valence-corrected chi connectivity index (χ1v) is 7.71. The molecule has 1 saturated heterocycles. The van der Waals surface area contributed by atoms with E-state index in [1.165, 1.54) is 17.1 Å². The van der Waals surface area contributed by atoms with E-state index in [0.29, 0.717) is 24.8 Å². The largest absolute Gasteiger partial charge is 0.383 e. The maximum absolute atomic E-state index is 12.3. The van der Waals surface area contributed by atoms with Crippen LogP contribution in [0.2, 0.25) is 0 Å². The van der Waals surface area contributed by atoms with Gasteiger partial charge in [0.15, 0.2) is 0 Å². The summed E-state index contributed by atoms with van der Waals surface area (Å²) < 4.78 is 6.36.